The molecule has 0 aromatic heterocycles. The summed E-state index contributed by atoms with van der Waals surface area (Å²) in [7, 11) is -3.64. The van der Waals surface area contributed by atoms with E-state index in [9.17, 15) is 13.2 Å². The Bertz CT molecular complexity index is 920. The van der Waals surface area contributed by atoms with E-state index in [2.05, 4.69) is 19.2 Å². The number of hydrogen-bond donors (Lipinski definition) is 1. The van der Waals surface area contributed by atoms with Crippen LogP contribution in [0.25, 0.3) is 0 Å². The van der Waals surface area contributed by atoms with Crippen molar-refractivity contribution in [2.45, 2.75) is 31.1 Å². The Hall–Kier alpha value is -2.22. The number of rotatable bonds is 6. The largest absolute Gasteiger partial charge is 0.379 e. The van der Waals surface area contributed by atoms with Crippen molar-refractivity contribution < 1.29 is 17.9 Å². The summed E-state index contributed by atoms with van der Waals surface area (Å²) in [6, 6.07) is 13.9. The van der Waals surface area contributed by atoms with E-state index in [0.717, 1.165) is 6.42 Å². The molecule has 1 amide bonds. The van der Waals surface area contributed by atoms with Crippen LogP contribution in [-0.2, 0) is 14.8 Å². The average molecular weight is 403 g/mol. The highest BCUT2D eigenvalue weighted by Crippen LogP contribution is 2.22. The first-order valence-electron chi connectivity index (χ1n) is 9.51. The molecule has 1 N–H and O–H groups in total. The molecule has 28 heavy (non-hydrogen) atoms. The van der Waals surface area contributed by atoms with Crippen molar-refractivity contribution in [2.75, 3.05) is 31.6 Å². The normalized spacial score (nSPS) is 16.5. The smallest absolute Gasteiger partial charge is 0.255 e. The van der Waals surface area contributed by atoms with Gasteiger partial charge in [0.15, 0.2) is 0 Å². The van der Waals surface area contributed by atoms with E-state index < -0.39 is 10.0 Å². The lowest BCUT2D eigenvalue weighted by molar-refractivity contribution is 0.0730. The summed E-state index contributed by atoms with van der Waals surface area (Å²) in [5.74, 6) is 0.127. The van der Waals surface area contributed by atoms with Gasteiger partial charge in [-0.05, 0) is 48.2 Å². The van der Waals surface area contributed by atoms with Gasteiger partial charge in [0.25, 0.3) is 5.91 Å². The molecule has 7 heteroatoms. The summed E-state index contributed by atoms with van der Waals surface area (Å²) in [6.07, 6.45) is 1.05. The highest BCUT2D eigenvalue weighted by atomic mass is 32.2. The van der Waals surface area contributed by atoms with Crippen LogP contribution in [0.4, 0.5) is 5.69 Å². The van der Waals surface area contributed by atoms with Crippen LogP contribution in [0.15, 0.2) is 53.4 Å². The Morgan fingerprint density at radius 3 is 2.46 bits per heavy atom. The molecule has 6 nitrogen and oxygen atoms in total. The van der Waals surface area contributed by atoms with Crippen LogP contribution in [0.1, 0.15) is 42.1 Å². The van der Waals surface area contributed by atoms with Gasteiger partial charge in [0.2, 0.25) is 10.0 Å². The summed E-state index contributed by atoms with van der Waals surface area (Å²) in [4.78, 5) is 12.7. The van der Waals surface area contributed by atoms with E-state index in [1.165, 1.54) is 22.0 Å². The minimum atomic E-state index is -3.64. The van der Waals surface area contributed by atoms with Gasteiger partial charge in [-0.25, -0.2) is 8.42 Å². The standard InChI is InChI=1S/C21H26N2O4S/c1-3-16(2)17-7-9-19(10-8-17)22-21(24)18-5-4-6-20(15-18)28(25,26)23-11-13-27-14-12-23/h4-10,15-16H,3,11-14H2,1-2H3,(H,22,24)/t16-/m1/s1. The molecule has 1 aliphatic rings. The Balaban J connectivity index is 1.75. The first-order chi connectivity index (χ1) is 13.4. The molecule has 0 spiro atoms. The van der Waals surface area contributed by atoms with Gasteiger partial charge < -0.3 is 10.1 Å². The van der Waals surface area contributed by atoms with Crippen LogP contribution in [-0.4, -0.2) is 44.9 Å². The van der Waals surface area contributed by atoms with Gasteiger partial charge in [0.1, 0.15) is 0 Å². The minimum Gasteiger partial charge on any atom is -0.379 e. The molecule has 1 saturated heterocycles. The lowest BCUT2D eigenvalue weighted by atomic mass is 9.98. The second-order valence-electron chi connectivity index (χ2n) is 6.93. The van der Waals surface area contributed by atoms with Gasteiger partial charge >= 0.3 is 0 Å². The zero-order valence-electron chi connectivity index (χ0n) is 16.2. The predicted octanol–water partition coefficient (Wildman–Crippen LogP) is 3.47. The number of benzene rings is 2. The number of hydrogen-bond acceptors (Lipinski definition) is 4. The Morgan fingerprint density at radius 2 is 1.82 bits per heavy atom. The Labute approximate surface area is 166 Å². The second kappa shape index (κ2) is 8.86. The zero-order valence-corrected chi connectivity index (χ0v) is 17.0. The maximum atomic E-state index is 12.8. The molecule has 0 radical (unpaired) electrons. The monoisotopic (exact) mass is 402 g/mol. The van der Waals surface area contributed by atoms with Crippen LogP contribution >= 0.6 is 0 Å². The fourth-order valence-electron chi connectivity index (χ4n) is 3.07. The molecule has 1 fully saturated rings. The van der Waals surface area contributed by atoms with Gasteiger partial charge in [-0.15, -0.1) is 0 Å². The van der Waals surface area contributed by atoms with Gasteiger partial charge in [0.05, 0.1) is 18.1 Å². The summed E-state index contributed by atoms with van der Waals surface area (Å²) in [6.45, 7) is 5.70. The Morgan fingerprint density at radius 1 is 1.14 bits per heavy atom. The molecule has 2 aromatic rings. The van der Waals surface area contributed by atoms with Crippen molar-refractivity contribution in [1.82, 2.24) is 4.31 Å². The second-order valence-corrected chi connectivity index (χ2v) is 8.87. The number of nitrogens with zero attached hydrogens (tertiary/aromatic N) is 1. The number of amides is 1. The van der Waals surface area contributed by atoms with Crippen LogP contribution in [0.3, 0.4) is 0 Å². The summed E-state index contributed by atoms with van der Waals surface area (Å²) in [5.41, 5.74) is 2.21. The van der Waals surface area contributed by atoms with E-state index in [0.29, 0.717) is 43.5 Å². The number of sulfonamides is 1. The third-order valence-corrected chi connectivity index (χ3v) is 6.95. The number of ether oxygens (including phenoxy) is 1. The number of morpholine rings is 1. The molecule has 3 rings (SSSR count). The Kier molecular flexibility index (Phi) is 6.49. The molecule has 0 bridgehead atoms. The van der Waals surface area contributed by atoms with Crippen LogP contribution in [0, 0.1) is 0 Å². The zero-order chi connectivity index (χ0) is 20.1. The molecular weight excluding hydrogens is 376 g/mol. The van der Waals surface area contributed by atoms with Crippen LogP contribution in [0.5, 0.6) is 0 Å². The number of nitrogens with one attached hydrogen (secondary N) is 1. The van der Waals surface area contributed by atoms with Gasteiger partial charge in [-0.2, -0.15) is 4.31 Å². The van der Waals surface area contributed by atoms with Crippen LogP contribution in [0.2, 0.25) is 0 Å². The third-order valence-electron chi connectivity index (χ3n) is 5.05. The maximum absolute atomic E-state index is 12.8. The van der Waals surface area contributed by atoms with Crippen molar-refractivity contribution >= 4 is 21.6 Å². The van der Waals surface area contributed by atoms with Crippen LogP contribution < -0.4 is 5.32 Å². The molecule has 0 unspecified atom stereocenters. The first kappa shape index (κ1) is 20.5. The molecule has 1 heterocycles. The molecule has 2 aromatic carbocycles. The van der Waals surface area contributed by atoms with Crippen molar-refractivity contribution in [3.05, 3.63) is 59.7 Å². The van der Waals surface area contributed by atoms with E-state index in [1.54, 1.807) is 12.1 Å². The van der Waals surface area contributed by atoms with Crippen molar-refractivity contribution in [2.24, 2.45) is 0 Å². The molecule has 150 valence electrons. The number of carbonyl (C=O) groups excluding carboxylic acids is 1. The molecule has 0 saturated carbocycles. The number of carbonyl (C=O) groups is 1. The molecule has 1 atom stereocenters. The van der Waals surface area contributed by atoms with E-state index in [-0.39, 0.29) is 10.8 Å². The van der Waals surface area contributed by atoms with Crippen molar-refractivity contribution in [3.63, 3.8) is 0 Å². The molecule has 0 aliphatic carbocycles. The predicted molar refractivity (Wildman–Crippen MR) is 109 cm³/mol. The molecule has 1 aliphatic heterocycles. The maximum Gasteiger partial charge on any atom is 0.255 e. The first-order valence-corrected chi connectivity index (χ1v) is 10.9. The summed E-state index contributed by atoms with van der Waals surface area (Å²) >= 11 is 0. The third kappa shape index (κ3) is 4.60. The van der Waals surface area contributed by atoms with E-state index in [4.69, 9.17) is 4.74 Å². The fraction of sp³-hybridized carbons (Fsp3) is 0.381. The van der Waals surface area contributed by atoms with Gasteiger partial charge in [-0.1, -0.05) is 32.0 Å². The van der Waals surface area contributed by atoms with Gasteiger partial charge in [-0.3, -0.25) is 4.79 Å². The quantitative estimate of drug-likeness (QED) is 0.803. The minimum absolute atomic E-state index is 0.120. The highest BCUT2D eigenvalue weighted by Gasteiger charge is 2.26. The van der Waals surface area contributed by atoms with Gasteiger partial charge in [0, 0.05) is 24.3 Å². The molecular formula is C21H26N2O4S. The van der Waals surface area contributed by atoms with Crippen molar-refractivity contribution in [3.8, 4) is 0 Å². The van der Waals surface area contributed by atoms with E-state index >= 15 is 0 Å². The topological polar surface area (TPSA) is 75.7 Å². The number of anilines is 1. The van der Waals surface area contributed by atoms with E-state index in [1.807, 2.05) is 24.3 Å². The lowest BCUT2D eigenvalue weighted by Gasteiger charge is -2.26. The average Bonchev–Trinajstić information content (AvgIpc) is 2.74. The summed E-state index contributed by atoms with van der Waals surface area (Å²) < 4.78 is 32.2. The SMILES string of the molecule is CC[C@@H](C)c1ccc(NC(=O)c2cccc(S(=O)(=O)N3CCOCC3)c2)cc1. The lowest BCUT2D eigenvalue weighted by Crippen LogP contribution is -2.40. The summed E-state index contributed by atoms with van der Waals surface area (Å²) in [5, 5.41) is 2.83. The fourth-order valence-corrected chi connectivity index (χ4v) is 4.52. The van der Waals surface area contributed by atoms with Crippen molar-refractivity contribution in [1.29, 1.82) is 0 Å². The highest BCUT2D eigenvalue weighted by molar-refractivity contribution is 7.89.